The summed E-state index contributed by atoms with van der Waals surface area (Å²) in [4.78, 5) is 7.74. The van der Waals surface area contributed by atoms with Crippen molar-refractivity contribution in [2.24, 2.45) is 4.99 Å². The number of nitrogens with zero attached hydrogens (tertiary/aromatic N) is 2. The van der Waals surface area contributed by atoms with Crippen LogP contribution < -0.4 is 5.62 Å². The number of aromatic amines is 1. The second-order valence-corrected chi connectivity index (χ2v) is 3.59. The van der Waals surface area contributed by atoms with Crippen LogP contribution in [0.3, 0.4) is 0 Å². The monoisotopic (exact) mass is 245 g/mol. The van der Waals surface area contributed by atoms with E-state index in [1.165, 1.54) is 29.2 Å². The van der Waals surface area contributed by atoms with Crippen molar-refractivity contribution >= 4 is 17.2 Å². The second-order valence-electron chi connectivity index (χ2n) is 2.94. The maximum atomic E-state index is 12.4. The van der Waals surface area contributed by atoms with Crippen LogP contribution in [0, 0.1) is 0 Å². The Morgan fingerprint density at radius 3 is 2.75 bits per heavy atom. The third kappa shape index (κ3) is 2.48. The summed E-state index contributed by atoms with van der Waals surface area (Å²) in [6.45, 7) is 0. The van der Waals surface area contributed by atoms with E-state index in [0.717, 1.165) is 12.1 Å². The summed E-state index contributed by atoms with van der Waals surface area (Å²) in [6.07, 6.45) is -4.35. The van der Waals surface area contributed by atoms with Crippen LogP contribution in [-0.2, 0) is 6.18 Å². The van der Waals surface area contributed by atoms with Crippen LogP contribution in [0.15, 0.2) is 34.8 Å². The van der Waals surface area contributed by atoms with Crippen molar-refractivity contribution in [2.75, 3.05) is 0 Å². The Bertz CT molecular complexity index is 524. The topological polar surface area (TPSA) is 41.0 Å². The summed E-state index contributed by atoms with van der Waals surface area (Å²) >= 11 is 1.22. The molecule has 0 atom stereocenters. The molecule has 0 aliphatic rings. The van der Waals surface area contributed by atoms with Gasteiger partial charge in [-0.1, -0.05) is 6.07 Å². The van der Waals surface area contributed by atoms with Crippen molar-refractivity contribution < 1.29 is 13.2 Å². The summed E-state index contributed by atoms with van der Waals surface area (Å²) in [5.41, 5.74) is 1.32. The third-order valence-electron chi connectivity index (χ3n) is 1.79. The number of halogens is 3. The molecule has 84 valence electrons. The minimum absolute atomic E-state index is 0.219. The molecule has 0 spiro atoms. The van der Waals surface area contributed by atoms with Gasteiger partial charge in [-0.25, -0.2) is 9.98 Å². The van der Waals surface area contributed by atoms with Gasteiger partial charge in [-0.2, -0.15) is 13.2 Å². The van der Waals surface area contributed by atoms with Crippen LogP contribution in [0.5, 0.6) is 0 Å². The van der Waals surface area contributed by atoms with Crippen molar-refractivity contribution in [1.29, 1.82) is 0 Å². The van der Waals surface area contributed by atoms with Crippen LogP contribution in [-0.4, -0.2) is 9.36 Å². The van der Waals surface area contributed by atoms with E-state index in [9.17, 15) is 13.2 Å². The summed E-state index contributed by atoms with van der Waals surface area (Å²) < 4.78 is 39.9. The van der Waals surface area contributed by atoms with Crippen LogP contribution in [0.1, 0.15) is 5.56 Å². The molecule has 3 nitrogen and oxygen atoms in total. The Kier molecular flexibility index (Phi) is 2.78. The van der Waals surface area contributed by atoms with E-state index in [-0.39, 0.29) is 5.69 Å². The number of H-pyrrole nitrogens is 1. The van der Waals surface area contributed by atoms with Crippen molar-refractivity contribution in [3.8, 4) is 0 Å². The van der Waals surface area contributed by atoms with Crippen LogP contribution in [0.25, 0.3) is 0 Å². The lowest BCUT2D eigenvalue weighted by Gasteiger charge is -2.05. The van der Waals surface area contributed by atoms with E-state index in [1.54, 1.807) is 0 Å². The Morgan fingerprint density at radius 2 is 2.12 bits per heavy atom. The predicted octanol–water partition coefficient (Wildman–Crippen LogP) is 2.72. The molecule has 0 aliphatic heterocycles. The molecule has 0 bridgehead atoms. The van der Waals surface area contributed by atoms with Gasteiger partial charge >= 0.3 is 6.18 Å². The molecule has 1 N–H and O–H groups in total. The first-order valence-corrected chi connectivity index (χ1v) is 5.14. The van der Waals surface area contributed by atoms with Crippen molar-refractivity contribution in [2.45, 2.75) is 6.18 Å². The molecule has 2 aromatic rings. The minimum Gasteiger partial charge on any atom is -0.278 e. The molecule has 0 amide bonds. The number of rotatable bonds is 1. The average molecular weight is 245 g/mol. The summed E-state index contributed by atoms with van der Waals surface area (Å²) in [5, 5.41) is 0. The molecule has 1 aromatic carbocycles. The second kappa shape index (κ2) is 4.09. The molecule has 0 fully saturated rings. The van der Waals surface area contributed by atoms with E-state index in [2.05, 4.69) is 14.3 Å². The SMILES string of the molecule is FC(F)(F)c1cccc(N=c2ncs[nH]2)c1. The van der Waals surface area contributed by atoms with E-state index in [1.807, 2.05) is 0 Å². The van der Waals surface area contributed by atoms with Gasteiger partial charge in [0.1, 0.15) is 5.51 Å². The van der Waals surface area contributed by atoms with Gasteiger partial charge in [-0.3, -0.25) is 4.37 Å². The van der Waals surface area contributed by atoms with E-state index < -0.39 is 11.7 Å². The predicted molar refractivity (Wildman–Crippen MR) is 53.1 cm³/mol. The van der Waals surface area contributed by atoms with Crippen LogP contribution in [0.4, 0.5) is 18.9 Å². The lowest BCUT2D eigenvalue weighted by Crippen LogP contribution is -2.05. The minimum atomic E-state index is -4.35. The number of hydrogen-bond donors (Lipinski definition) is 1. The van der Waals surface area contributed by atoms with E-state index >= 15 is 0 Å². The molecule has 1 heterocycles. The van der Waals surface area contributed by atoms with Gasteiger partial charge in [0.2, 0.25) is 5.62 Å². The molecule has 1 aromatic heterocycles. The van der Waals surface area contributed by atoms with Crippen LogP contribution in [0.2, 0.25) is 0 Å². The Balaban J connectivity index is 2.42. The fourth-order valence-electron chi connectivity index (χ4n) is 1.11. The van der Waals surface area contributed by atoms with E-state index in [0.29, 0.717) is 5.62 Å². The van der Waals surface area contributed by atoms with Gasteiger partial charge in [0.25, 0.3) is 0 Å². The summed E-state index contributed by atoms with van der Waals surface area (Å²) in [6, 6.07) is 4.79. The molecule has 0 unspecified atom stereocenters. The molecule has 2 rings (SSSR count). The molecular weight excluding hydrogens is 239 g/mol. The summed E-state index contributed by atoms with van der Waals surface area (Å²) in [7, 11) is 0. The zero-order chi connectivity index (χ0) is 11.6. The molecular formula is C9H6F3N3S. The molecule has 0 radical (unpaired) electrons. The maximum Gasteiger partial charge on any atom is 0.416 e. The number of nitrogens with one attached hydrogen (secondary N) is 1. The molecule has 0 aliphatic carbocycles. The Labute approximate surface area is 92.5 Å². The van der Waals surface area contributed by atoms with Crippen molar-refractivity contribution in [3.05, 3.63) is 41.0 Å². The zero-order valence-electron chi connectivity index (χ0n) is 7.82. The molecule has 0 saturated heterocycles. The first-order valence-electron chi connectivity index (χ1n) is 4.26. The zero-order valence-corrected chi connectivity index (χ0v) is 8.64. The average Bonchev–Trinajstić information content (AvgIpc) is 2.70. The fraction of sp³-hybridized carbons (Fsp3) is 0.111. The normalized spacial score (nSPS) is 13.1. The number of alkyl halides is 3. The molecule has 16 heavy (non-hydrogen) atoms. The third-order valence-corrected chi connectivity index (χ3v) is 2.30. The van der Waals surface area contributed by atoms with Gasteiger partial charge in [-0.15, -0.1) is 0 Å². The molecule has 0 saturated carbocycles. The van der Waals surface area contributed by atoms with E-state index in [4.69, 9.17) is 0 Å². The smallest absolute Gasteiger partial charge is 0.278 e. The van der Waals surface area contributed by atoms with Crippen LogP contribution >= 0.6 is 11.5 Å². The fourth-order valence-corrected chi connectivity index (χ4v) is 1.52. The Hall–Kier alpha value is -1.63. The van der Waals surface area contributed by atoms with Gasteiger partial charge in [0.05, 0.1) is 11.3 Å². The van der Waals surface area contributed by atoms with Crippen molar-refractivity contribution in [1.82, 2.24) is 9.36 Å². The Morgan fingerprint density at radius 1 is 1.31 bits per heavy atom. The number of hydrogen-bond acceptors (Lipinski definition) is 3. The standard InChI is InChI=1S/C9H6F3N3S/c10-9(11,12)6-2-1-3-7(4-6)14-8-13-5-16-15-8/h1-5H,(H,14,15). The quantitative estimate of drug-likeness (QED) is 0.824. The summed E-state index contributed by atoms with van der Waals surface area (Å²) in [5.74, 6) is 0. The highest BCUT2D eigenvalue weighted by atomic mass is 32.1. The van der Waals surface area contributed by atoms with Gasteiger partial charge < -0.3 is 0 Å². The highest BCUT2D eigenvalue weighted by molar-refractivity contribution is 7.03. The lowest BCUT2D eigenvalue weighted by molar-refractivity contribution is -0.137. The highest BCUT2D eigenvalue weighted by Crippen LogP contribution is 2.31. The largest absolute Gasteiger partial charge is 0.416 e. The lowest BCUT2D eigenvalue weighted by atomic mass is 10.2. The van der Waals surface area contributed by atoms with Gasteiger partial charge in [0.15, 0.2) is 0 Å². The van der Waals surface area contributed by atoms with Crippen molar-refractivity contribution in [3.63, 3.8) is 0 Å². The first-order chi connectivity index (χ1) is 7.55. The first kappa shape index (κ1) is 10.9. The molecule has 7 heteroatoms. The number of benzene rings is 1. The van der Waals surface area contributed by atoms with Gasteiger partial charge in [-0.05, 0) is 29.7 Å². The number of aromatic nitrogens is 2. The highest BCUT2D eigenvalue weighted by Gasteiger charge is 2.30. The maximum absolute atomic E-state index is 12.4. The van der Waals surface area contributed by atoms with Gasteiger partial charge in [0, 0.05) is 0 Å².